The van der Waals surface area contributed by atoms with Gasteiger partial charge in [0.25, 0.3) is 5.56 Å². The molecule has 6 heteroatoms. The van der Waals surface area contributed by atoms with Crippen LogP contribution in [0.15, 0.2) is 16.0 Å². The van der Waals surface area contributed by atoms with Gasteiger partial charge in [0, 0.05) is 30.5 Å². The Balaban J connectivity index is 1.97. The molecule has 2 rings (SSSR count). The van der Waals surface area contributed by atoms with Crippen LogP contribution in [-0.2, 0) is 11.2 Å². The first-order valence-electron chi connectivity index (χ1n) is 8.17. The van der Waals surface area contributed by atoms with Crippen LogP contribution in [0.1, 0.15) is 57.7 Å². The van der Waals surface area contributed by atoms with Crippen molar-refractivity contribution >= 4 is 17.7 Å². The highest BCUT2D eigenvalue weighted by Crippen LogP contribution is 2.31. The Morgan fingerprint density at radius 3 is 2.95 bits per heavy atom. The molecule has 0 aromatic carbocycles. The minimum absolute atomic E-state index is 0.0257. The minimum atomic E-state index is -0.0677. The average Bonchev–Trinajstić information content (AvgIpc) is 2.87. The molecule has 1 aromatic heterocycles. The van der Waals surface area contributed by atoms with Crippen LogP contribution in [0.5, 0.6) is 0 Å². The molecule has 1 amide bonds. The molecule has 122 valence electrons. The van der Waals surface area contributed by atoms with E-state index in [1.165, 1.54) is 0 Å². The fourth-order valence-corrected chi connectivity index (χ4v) is 3.79. The molecular weight excluding hydrogens is 298 g/mol. The van der Waals surface area contributed by atoms with Gasteiger partial charge >= 0.3 is 0 Å². The van der Waals surface area contributed by atoms with Crippen molar-refractivity contribution in [1.29, 1.82) is 0 Å². The Bertz CT molecular complexity index is 571. The Hall–Kier alpha value is -1.30. The van der Waals surface area contributed by atoms with Crippen LogP contribution >= 0.6 is 11.8 Å². The molecule has 0 fully saturated rings. The van der Waals surface area contributed by atoms with Gasteiger partial charge in [-0.1, -0.05) is 44.9 Å². The van der Waals surface area contributed by atoms with Gasteiger partial charge in [-0.25, -0.2) is 4.98 Å². The second-order valence-corrected chi connectivity index (χ2v) is 6.70. The van der Waals surface area contributed by atoms with Crippen LogP contribution in [0.4, 0.5) is 0 Å². The highest BCUT2D eigenvalue weighted by atomic mass is 32.2. The number of carbonyl (C=O) groups excluding carboxylic acids is 1. The van der Waals surface area contributed by atoms with Gasteiger partial charge in [0.15, 0.2) is 5.16 Å². The number of aryl methyl sites for hydroxylation is 1. The summed E-state index contributed by atoms with van der Waals surface area (Å²) in [6.07, 6.45) is 5.45. The first kappa shape index (κ1) is 17.1. The second kappa shape index (κ2) is 8.36. The summed E-state index contributed by atoms with van der Waals surface area (Å²) in [7, 11) is 0. The molecule has 0 radical (unpaired) electrons. The normalized spacial score (nSPS) is 16.5. The maximum absolute atomic E-state index is 12.3. The summed E-state index contributed by atoms with van der Waals surface area (Å²) >= 11 is 1.58. The number of thioether (sulfide) groups is 1. The largest absolute Gasteiger partial charge is 0.356 e. The van der Waals surface area contributed by atoms with Gasteiger partial charge in [-0.3, -0.25) is 14.2 Å². The minimum Gasteiger partial charge on any atom is -0.356 e. The van der Waals surface area contributed by atoms with E-state index in [0.717, 1.165) is 55.3 Å². The summed E-state index contributed by atoms with van der Waals surface area (Å²) < 4.78 is 1.69. The van der Waals surface area contributed by atoms with Gasteiger partial charge < -0.3 is 5.32 Å². The van der Waals surface area contributed by atoms with E-state index in [-0.39, 0.29) is 17.5 Å². The number of hydrogen-bond acceptors (Lipinski definition) is 4. The van der Waals surface area contributed by atoms with E-state index >= 15 is 0 Å². The molecule has 1 atom stereocenters. The number of aromatic nitrogens is 2. The molecule has 2 heterocycles. The molecule has 0 spiro atoms. The lowest BCUT2D eigenvalue weighted by Crippen LogP contribution is -2.31. The maximum Gasteiger partial charge on any atom is 0.254 e. The van der Waals surface area contributed by atoms with Gasteiger partial charge in [-0.15, -0.1) is 0 Å². The number of nitrogens with zero attached hydrogens (tertiary/aromatic N) is 2. The highest BCUT2D eigenvalue weighted by Gasteiger charge is 2.27. The van der Waals surface area contributed by atoms with Gasteiger partial charge in [0.2, 0.25) is 5.91 Å². The highest BCUT2D eigenvalue weighted by molar-refractivity contribution is 7.99. The van der Waals surface area contributed by atoms with Crippen LogP contribution in [0.25, 0.3) is 0 Å². The summed E-state index contributed by atoms with van der Waals surface area (Å²) in [5.74, 6) is 0.777. The smallest absolute Gasteiger partial charge is 0.254 e. The lowest BCUT2D eigenvalue weighted by Gasteiger charge is -2.13. The summed E-state index contributed by atoms with van der Waals surface area (Å²) in [5.41, 5.74) is 0.832. The topological polar surface area (TPSA) is 64.0 Å². The van der Waals surface area contributed by atoms with Crippen molar-refractivity contribution in [2.75, 3.05) is 12.3 Å². The molecule has 0 bridgehead atoms. The number of carbonyl (C=O) groups is 1. The van der Waals surface area contributed by atoms with E-state index in [0.29, 0.717) is 6.42 Å². The maximum atomic E-state index is 12.3. The predicted octanol–water partition coefficient (Wildman–Crippen LogP) is 2.54. The SMILES string of the molecule is CCCCCNC(=O)CC1CSc2nc(CCC)cc(=O)n21. The molecule has 1 aromatic rings. The van der Waals surface area contributed by atoms with E-state index in [1.54, 1.807) is 22.4 Å². The Kier molecular flexibility index (Phi) is 6.49. The molecule has 1 aliphatic rings. The third-order valence-corrected chi connectivity index (χ3v) is 4.87. The number of hydrogen-bond donors (Lipinski definition) is 1. The lowest BCUT2D eigenvalue weighted by atomic mass is 10.2. The van der Waals surface area contributed by atoms with Crippen molar-refractivity contribution in [3.63, 3.8) is 0 Å². The first-order chi connectivity index (χ1) is 10.7. The van der Waals surface area contributed by atoms with Crippen LogP contribution in [0.3, 0.4) is 0 Å². The summed E-state index contributed by atoms with van der Waals surface area (Å²) in [6.45, 7) is 4.94. The van der Waals surface area contributed by atoms with Gasteiger partial charge in [0.1, 0.15) is 0 Å². The van der Waals surface area contributed by atoms with Crippen LogP contribution in [0.2, 0.25) is 0 Å². The molecule has 1 N–H and O–H groups in total. The molecule has 1 unspecified atom stereocenters. The van der Waals surface area contributed by atoms with E-state index < -0.39 is 0 Å². The molecule has 0 saturated heterocycles. The average molecular weight is 323 g/mol. The zero-order chi connectivity index (χ0) is 15.9. The third kappa shape index (κ3) is 4.35. The lowest BCUT2D eigenvalue weighted by molar-refractivity contribution is -0.121. The molecular formula is C16H25N3O2S. The van der Waals surface area contributed by atoms with Crippen molar-refractivity contribution in [2.45, 2.75) is 63.6 Å². The van der Waals surface area contributed by atoms with Crippen molar-refractivity contribution in [3.8, 4) is 0 Å². The number of nitrogens with one attached hydrogen (secondary N) is 1. The van der Waals surface area contributed by atoms with Crippen molar-refractivity contribution in [2.24, 2.45) is 0 Å². The van der Waals surface area contributed by atoms with Crippen molar-refractivity contribution in [3.05, 3.63) is 22.1 Å². The van der Waals surface area contributed by atoms with Crippen LogP contribution in [0, 0.1) is 0 Å². The standard InChI is InChI=1S/C16H25N3O2S/c1-3-5-6-8-17-14(20)10-13-11-22-16-18-12(7-4-2)9-15(21)19(13)16/h9,13H,3-8,10-11H2,1-2H3,(H,17,20). The monoisotopic (exact) mass is 323 g/mol. The number of rotatable bonds is 8. The van der Waals surface area contributed by atoms with Crippen molar-refractivity contribution < 1.29 is 4.79 Å². The Morgan fingerprint density at radius 1 is 1.41 bits per heavy atom. The van der Waals surface area contributed by atoms with E-state index in [2.05, 4.69) is 24.1 Å². The molecule has 0 saturated carbocycles. The molecule has 5 nitrogen and oxygen atoms in total. The third-order valence-electron chi connectivity index (χ3n) is 3.77. The zero-order valence-electron chi connectivity index (χ0n) is 13.4. The Morgan fingerprint density at radius 2 is 2.23 bits per heavy atom. The van der Waals surface area contributed by atoms with Gasteiger partial charge in [-0.05, 0) is 12.8 Å². The predicted molar refractivity (Wildman–Crippen MR) is 89.4 cm³/mol. The quantitative estimate of drug-likeness (QED) is 0.590. The van der Waals surface area contributed by atoms with E-state index in [9.17, 15) is 9.59 Å². The first-order valence-corrected chi connectivity index (χ1v) is 9.16. The second-order valence-electron chi connectivity index (χ2n) is 5.71. The van der Waals surface area contributed by atoms with Gasteiger partial charge in [-0.2, -0.15) is 0 Å². The fraction of sp³-hybridized carbons (Fsp3) is 0.688. The zero-order valence-corrected chi connectivity index (χ0v) is 14.2. The van der Waals surface area contributed by atoms with E-state index in [1.807, 2.05) is 0 Å². The van der Waals surface area contributed by atoms with Crippen LogP contribution in [-0.4, -0.2) is 27.8 Å². The number of unbranched alkanes of at least 4 members (excludes halogenated alkanes) is 2. The summed E-state index contributed by atoms with van der Waals surface area (Å²) in [6, 6.07) is 1.55. The molecule has 1 aliphatic heterocycles. The molecule has 0 aliphatic carbocycles. The fourth-order valence-electron chi connectivity index (χ4n) is 2.62. The summed E-state index contributed by atoms with van der Waals surface area (Å²) in [5, 5.41) is 3.71. The number of amides is 1. The number of fused-ring (bicyclic) bond motifs is 1. The van der Waals surface area contributed by atoms with E-state index in [4.69, 9.17) is 0 Å². The van der Waals surface area contributed by atoms with Crippen molar-refractivity contribution in [1.82, 2.24) is 14.9 Å². The van der Waals surface area contributed by atoms with Gasteiger partial charge in [0.05, 0.1) is 6.04 Å². The summed E-state index contributed by atoms with van der Waals surface area (Å²) in [4.78, 5) is 28.8. The Labute approximate surface area is 135 Å². The van der Waals surface area contributed by atoms with Crippen LogP contribution < -0.4 is 10.9 Å². The molecule has 22 heavy (non-hydrogen) atoms.